The van der Waals surface area contributed by atoms with Gasteiger partial charge in [0.2, 0.25) is 0 Å². The number of aromatic nitrogens is 2. The average Bonchev–Trinajstić information content (AvgIpc) is 3.42. The lowest BCUT2D eigenvalue weighted by molar-refractivity contribution is -0.172. The molecule has 4 saturated carbocycles. The number of hydrogen-bond acceptors (Lipinski definition) is 5. The Morgan fingerprint density at radius 2 is 1.91 bits per heavy atom. The van der Waals surface area contributed by atoms with Gasteiger partial charge in [-0.05, 0) is 112 Å². The molecule has 4 aliphatic carbocycles. The maximum absolute atomic E-state index is 11.7. The van der Waals surface area contributed by atoms with Gasteiger partial charge in [-0.1, -0.05) is 13.8 Å². The van der Waals surface area contributed by atoms with E-state index in [0.717, 1.165) is 37.5 Å². The largest absolute Gasteiger partial charge is 0.388 e. The maximum atomic E-state index is 11.7. The molecule has 1 aromatic heterocycles. The van der Waals surface area contributed by atoms with Crippen molar-refractivity contribution >= 4 is 0 Å². The number of nitrogens with zero attached hydrogens (tertiary/aromatic N) is 3. The molecule has 0 aromatic carbocycles. The Morgan fingerprint density at radius 3 is 2.63 bits per heavy atom. The lowest BCUT2D eigenvalue weighted by atomic mass is 9.43. The molecule has 194 valence electrons. The fraction of sp³-hybridized carbons (Fsp3) is 0.862. The molecule has 0 unspecified atom stereocenters. The van der Waals surface area contributed by atoms with E-state index in [0.29, 0.717) is 42.6 Å². The van der Waals surface area contributed by atoms with Crippen LogP contribution in [0.1, 0.15) is 91.0 Å². The number of rotatable bonds is 6. The molecular weight excluding hydrogens is 438 g/mol. The molecule has 1 heterocycles. The Hall–Kier alpha value is -1.42. The summed E-state index contributed by atoms with van der Waals surface area (Å²) in [7, 11) is 0. The highest BCUT2D eigenvalue weighted by Gasteiger charge is 2.63. The van der Waals surface area contributed by atoms with Crippen LogP contribution in [-0.2, 0) is 11.3 Å². The number of fused-ring (bicyclic) bond motifs is 5. The van der Waals surface area contributed by atoms with Gasteiger partial charge < -0.3 is 14.9 Å². The molecule has 2 N–H and O–H groups in total. The van der Waals surface area contributed by atoms with Crippen LogP contribution in [0.5, 0.6) is 0 Å². The molecule has 0 radical (unpaired) electrons. The third-order valence-corrected chi connectivity index (χ3v) is 11.4. The predicted octanol–water partition coefficient (Wildman–Crippen LogP) is 4.93. The number of hydrogen-bond donors (Lipinski definition) is 2. The molecule has 0 bridgehead atoms. The smallest absolute Gasteiger partial charge is 0.102 e. The average molecular weight is 484 g/mol. The van der Waals surface area contributed by atoms with Crippen molar-refractivity contribution in [3.05, 3.63) is 18.0 Å². The van der Waals surface area contributed by atoms with Crippen LogP contribution in [0.4, 0.5) is 0 Å². The zero-order valence-electron chi connectivity index (χ0n) is 22.2. The normalized spacial score (nSPS) is 44.5. The molecule has 4 fully saturated rings. The van der Waals surface area contributed by atoms with E-state index in [9.17, 15) is 10.2 Å². The van der Waals surface area contributed by atoms with Crippen molar-refractivity contribution in [1.82, 2.24) is 9.78 Å². The highest BCUT2D eigenvalue weighted by Crippen LogP contribution is 2.69. The van der Waals surface area contributed by atoms with Gasteiger partial charge in [-0.15, -0.1) is 0 Å². The van der Waals surface area contributed by atoms with Crippen molar-refractivity contribution in [2.24, 2.45) is 40.4 Å². The first-order chi connectivity index (χ1) is 16.5. The second-order valence-electron chi connectivity index (χ2n) is 13.3. The first kappa shape index (κ1) is 25.2. The van der Waals surface area contributed by atoms with Gasteiger partial charge in [0.05, 0.1) is 36.1 Å². The number of aliphatic hydroxyl groups is 2. The molecule has 0 spiro atoms. The minimum atomic E-state index is -0.850. The van der Waals surface area contributed by atoms with Gasteiger partial charge in [0.1, 0.15) is 6.07 Å². The predicted molar refractivity (Wildman–Crippen MR) is 134 cm³/mol. The molecule has 6 heteroatoms. The van der Waals surface area contributed by atoms with Gasteiger partial charge in [0.25, 0.3) is 0 Å². The van der Waals surface area contributed by atoms with Gasteiger partial charge in [-0.3, -0.25) is 4.68 Å². The fourth-order valence-electron chi connectivity index (χ4n) is 9.71. The van der Waals surface area contributed by atoms with E-state index < -0.39 is 11.2 Å². The molecule has 0 aliphatic heterocycles. The van der Waals surface area contributed by atoms with Crippen LogP contribution in [0, 0.1) is 51.8 Å². The van der Waals surface area contributed by atoms with E-state index >= 15 is 0 Å². The van der Waals surface area contributed by atoms with Gasteiger partial charge >= 0.3 is 0 Å². The second-order valence-corrected chi connectivity index (χ2v) is 13.3. The minimum Gasteiger partial charge on any atom is -0.388 e. The van der Waals surface area contributed by atoms with Crippen molar-refractivity contribution in [3.63, 3.8) is 0 Å². The SMILES string of the molecule is CCOC[C@@]1(O)CC[C@@]2(C)[C@H](CC[C@@H]3[C@@H]2CC[C@@]2(C)[C@H]3CC[C@@H]2[C@](C)(O)Cn2cc(C#N)cn2)C1. The van der Waals surface area contributed by atoms with Crippen molar-refractivity contribution < 1.29 is 14.9 Å². The minimum absolute atomic E-state index is 0.142. The highest BCUT2D eigenvalue weighted by atomic mass is 16.5. The molecule has 5 rings (SSSR count). The third-order valence-electron chi connectivity index (χ3n) is 11.4. The standard InChI is InChI=1S/C29H45N3O3/c1-5-35-19-29(34)13-12-26(2)21(14-29)6-7-22-23-8-9-25(27(23,3)11-10-24(22)26)28(4,33)18-32-17-20(15-30)16-31-32/h16-17,21-25,33-34H,5-14,18-19H2,1-4H3/t21-,22+,23+,24+,25+,26+,27+,28-,29-/m1/s1. The van der Waals surface area contributed by atoms with Crippen LogP contribution in [0.15, 0.2) is 12.4 Å². The number of nitriles is 1. The molecule has 0 amide bonds. The van der Waals surface area contributed by atoms with Crippen LogP contribution < -0.4 is 0 Å². The van der Waals surface area contributed by atoms with E-state index in [1.807, 2.05) is 13.8 Å². The van der Waals surface area contributed by atoms with E-state index in [1.54, 1.807) is 17.1 Å². The lowest BCUT2D eigenvalue weighted by Gasteiger charge is -2.62. The maximum Gasteiger partial charge on any atom is 0.102 e. The molecule has 1 aromatic rings. The number of ether oxygens (including phenoxy) is 1. The summed E-state index contributed by atoms with van der Waals surface area (Å²) < 4.78 is 7.41. The van der Waals surface area contributed by atoms with E-state index in [1.165, 1.54) is 32.1 Å². The summed E-state index contributed by atoms with van der Waals surface area (Å²) in [6, 6.07) is 2.14. The summed E-state index contributed by atoms with van der Waals surface area (Å²) in [5.74, 6) is 2.94. The van der Waals surface area contributed by atoms with Crippen molar-refractivity contribution in [1.29, 1.82) is 5.26 Å². The zero-order valence-corrected chi connectivity index (χ0v) is 22.2. The van der Waals surface area contributed by atoms with Gasteiger partial charge in [-0.2, -0.15) is 10.4 Å². The fourth-order valence-corrected chi connectivity index (χ4v) is 9.71. The second kappa shape index (κ2) is 8.85. The summed E-state index contributed by atoms with van der Waals surface area (Å²) in [5, 5.41) is 36.4. The van der Waals surface area contributed by atoms with Gasteiger partial charge in [-0.25, -0.2) is 0 Å². The third kappa shape index (κ3) is 4.16. The summed E-state index contributed by atoms with van der Waals surface area (Å²) >= 11 is 0. The molecule has 4 aliphatic rings. The molecular formula is C29H45N3O3. The van der Waals surface area contributed by atoms with Gasteiger partial charge in [0, 0.05) is 12.8 Å². The zero-order chi connectivity index (χ0) is 25.1. The van der Waals surface area contributed by atoms with E-state index in [2.05, 4.69) is 25.0 Å². The lowest BCUT2D eigenvalue weighted by Crippen LogP contribution is -2.57. The van der Waals surface area contributed by atoms with E-state index in [-0.39, 0.29) is 11.3 Å². The molecule has 6 nitrogen and oxygen atoms in total. The van der Waals surface area contributed by atoms with Gasteiger partial charge in [0.15, 0.2) is 0 Å². The summed E-state index contributed by atoms with van der Waals surface area (Å²) in [4.78, 5) is 0. The monoisotopic (exact) mass is 483 g/mol. The van der Waals surface area contributed by atoms with Crippen LogP contribution in [0.2, 0.25) is 0 Å². The quantitative estimate of drug-likeness (QED) is 0.598. The van der Waals surface area contributed by atoms with Crippen molar-refractivity contribution in [2.75, 3.05) is 13.2 Å². The molecule has 9 atom stereocenters. The summed E-state index contributed by atoms with van der Waals surface area (Å²) in [6.07, 6.45) is 13.3. The van der Waals surface area contributed by atoms with Crippen molar-refractivity contribution in [3.8, 4) is 6.07 Å². The first-order valence-corrected chi connectivity index (χ1v) is 14.0. The summed E-state index contributed by atoms with van der Waals surface area (Å²) in [6.45, 7) is 10.6. The molecule has 0 saturated heterocycles. The summed E-state index contributed by atoms with van der Waals surface area (Å²) in [5.41, 5.74) is -0.500. The van der Waals surface area contributed by atoms with E-state index in [4.69, 9.17) is 10.00 Å². The first-order valence-electron chi connectivity index (χ1n) is 14.0. The Bertz CT molecular complexity index is 969. The molecule has 35 heavy (non-hydrogen) atoms. The Labute approximate surface area is 211 Å². The van der Waals surface area contributed by atoms with Crippen molar-refractivity contribution in [2.45, 2.75) is 103 Å². The van der Waals surface area contributed by atoms with Crippen LogP contribution in [-0.4, -0.2) is 44.4 Å². The van der Waals surface area contributed by atoms with Crippen LogP contribution in [0.25, 0.3) is 0 Å². The topological polar surface area (TPSA) is 91.3 Å². The Balaban J connectivity index is 1.32. The Kier molecular flexibility index (Phi) is 6.38. The Morgan fingerprint density at radius 1 is 1.14 bits per heavy atom. The van der Waals surface area contributed by atoms with Crippen LogP contribution in [0.3, 0.4) is 0 Å². The highest BCUT2D eigenvalue weighted by molar-refractivity contribution is 5.22. The van der Waals surface area contributed by atoms with Crippen LogP contribution >= 0.6 is 0 Å².